The summed E-state index contributed by atoms with van der Waals surface area (Å²) in [4.78, 5) is 15.1. The molecule has 3 aromatic rings. The van der Waals surface area contributed by atoms with Crippen LogP contribution in [0.2, 0.25) is 0 Å². The minimum absolute atomic E-state index is 0.0454. The van der Waals surface area contributed by atoms with Crippen molar-refractivity contribution < 1.29 is 13.9 Å². The first-order valence-electron chi connectivity index (χ1n) is 11.4. The molecule has 1 saturated heterocycles. The van der Waals surface area contributed by atoms with Gasteiger partial charge in [0.15, 0.2) is 0 Å². The van der Waals surface area contributed by atoms with E-state index in [2.05, 4.69) is 46.3 Å². The molecule has 1 amide bonds. The van der Waals surface area contributed by atoms with Gasteiger partial charge in [-0.1, -0.05) is 70.5 Å². The summed E-state index contributed by atoms with van der Waals surface area (Å²) in [7, 11) is 0. The molecule has 2 heterocycles. The average Bonchev–Trinajstić information content (AvgIpc) is 3.30. The third kappa shape index (κ3) is 3.50. The Bertz CT molecular complexity index is 1240. The Kier molecular flexibility index (Phi) is 5.10. The first-order valence-corrected chi connectivity index (χ1v) is 12.2. The van der Waals surface area contributed by atoms with Gasteiger partial charge < -0.3 is 4.74 Å². The lowest BCUT2D eigenvalue weighted by atomic mass is 9.94. The number of rotatable bonds is 3. The van der Waals surface area contributed by atoms with Gasteiger partial charge in [-0.2, -0.15) is 0 Å². The van der Waals surface area contributed by atoms with Crippen molar-refractivity contribution in [2.45, 2.75) is 37.3 Å². The molecule has 33 heavy (non-hydrogen) atoms. The lowest BCUT2D eigenvalue weighted by Gasteiger charge is -2.33. The fourth-order valence-electron chi connectivity index (χ4n) is 5.73. The smallest absolute Gasteiger partial charge is 0.410 e. The Morgan fingerprint density at radius 2 is 1.67 bits per heavy atom. The molecule has 2 bridgehead atoms. The molecule has 1 fully saturated rings. The van der Waals surface area contributed by atoms with Gasteiger partial charge in [0.25, 0.3) is 0 Å². The quantitative estimate of drug-likeness (QED) is 0.379. The van der Waals surface area contributed by atoms with Crippen LogP contribution in [-0.4, -0.2) is 29.7 Å². The highest BCUT2D eigenvalue weighted by Crippen LogP contribution is 2.45. The van der Waals surface area contributed by atoms with Crippen molar-refractivity contribution in [2.24, 2.45) is 0 Å². The lowest BCUT2D eigenvalue weighted by molar-refractivity contribution is 0.0866. The van der Waals surface area contributed by atoms with Crippen molar-refractivity contribution in [1.29, 1.82) is 0 Å². The molecule has 0 N–H and O–H groups in total. The lowest BCUT2D eigenvalue weighted by Crippen LogP contribution is -2.43. The van der Waals surface area contributed by atoms with Crippen molar-refractivity contribution in [3.8, 4) is 11.1 Å². The van der Waals surface area contributed by atoms with Crippen LogP contribution < -0.4 is 0 Å². The second-order valence-corrected chi connectivity index (χ2v) is 9.95. The molecule has 2 atom stereocenters. The van der Waals surface area contributed by atoms with E-state index in [1.807, 2.05) is 35.2 Å². The van der Waals surface area contributed by atoms with Crippen LogP contribution in [-0.2, 0) is 4.74 Å². The molecule has 0 saturated carbocycles. The molecule has 1 aliphatic carbocycles. The zero-order valence-corrected chi connectivity index (χ0v) is 19.6. The predicted molar refractivity (Wildman–Crippen MR) is 130 cm³/mol. The molecule has 166 valence electrons. The van der Waals surface area contributed by atoms with E-state index in [4.69, 9.17) is 4.74 Å². The number of ether oxygens (including phenoxy) is 1. The first kappa shape index (κ1) is 20.7. The molecule has 3 aromatic carbocycles. The first-order chi connectivity index (χ1) is 16.1. The Morgan fingerprint density at radius 1 is 0.970 bits per heavy atom. The molecular formula is C28H23BrFNO2. The Morgan fingerprint density at radius 3 is 2.36 bits per heavy atom. The van der Waals surface area contributed by atoms with Crippen LogP contribution in [0.3, 0.4) is 0 Å². The summed E-state index contributed by atoms with van der Waals surface area (Å²) in [5, 5.41) is 0. The van der Waals surface area contributed by atoms with E-state index < -0.39 is 0 Å². The van der Waals surface area contributed by atoms with Crippen LogP contribution in [0.25, 0.3) is 16.7 Å². The number of carbonyl (C=O) groups excluding carboxylic acids is 1. The van der Waals surface area contributed by atoms with Crippen LogP contribution >= 0.6 is 15.9 Å². The van der Waals surface area contributed by atoms with Gasteiger partial charge in [0, 0.05) is 22.0 Å². The Balaban J connectivity index is 1.21. The van der Waals surface area contributed by atoms with Crippen LogP contribution in [0, 0.1) is 5.82 Å². The normalized spacial score (nSPS) is 20.9. The molecule has 0 spiro atoms. The Labute approximate surface area is 201 Å². The summed E-state index contributed by atoms with van der Waals surface area (Å²) in [6.07, 6.45) is 4.22. The van der Waals surface area contributed by atoms with E-state index >= 15 is 0 Å². The van der Waals surface area contributed by atoms with Crippen molar-refractivity contribution in [3.05, 3.63) is 99.8 Å². The minimum atomic E-state index is -0.269. The summed E-state index contributed by atoms with van der Waals surface area (Å²) in [6, 6.07) is 21.7. The second-order valence-electron chi connectivity index (χ2n) is 9.03. The molecule has 2 unspecified atom stereocenters. The summed E-state index contributed by atoms with van der Waals surface area (Å²) in [5.74, 6) is -0.177. The second kappa shape index (κ2) is 8.14. The van der Waals surface area contributed by atoms with E-state index in [1.165, 1.54) is 28.3 Å². The van der Waals surface area contributed by atoms with Gasteiger partial charge in [0.1, 0.15) is 12.4 Å². The maximum atomic E-state index is 14.5. The van der Waals surface area contributed by atoms with Crippen molar-refractivity contribution in [2.75, 3.05) is 6.61 Å². The zero-order chi connectivity index (χ0) is 22.5. The number of carbonyl (C=O) groups is 1. The van der Waals surface area contributed by atoms with E-state index in [1.54, 1.807) is 6.07 Å². The van der Waals surface area contributed by atoms with Crippen LogP contribution in [0.1, 0.15) is 41.9 Å². The third-order valence-corrected chi connectivity index (χ3v) is 7.71. The molecular weight excluding hydrogens is 481 g/mol. The van der Waals surface area contributed by atoms with Gasteiger partial charge in [-0.15, -0.1) is 0 Å². The van der Waals surface area contributed by atoms with Gasteiger partial charge in [0.05, 0.1) is 6.04 Å². The third-order valence-electron chi connectivity index (χ3n) is 7.22. The SMILES string of the molecule is O=C(OCC1c2ccccc2-c2ccccc21)N1C2C=C(c3cc(Br)ccc3F)CC1CC2. The molecule has 3 aliphatic rings. The largest absolute Gasteiger partial charge is 0.448 e. The van der Waals surface area contributed by atoms with Gasteiger partial charge in [-0.25, -0.2) is 9.18 Å². The van der Waals surface area contributed by atoms with E-state index in [0.29, 0.717) is 18.6 Å². The Hall–Kier alpha value is -2.92. The molecule has 0 radical (unpaired) electrons. The number of nitrogens with zero attached hydrogens (tertiary/aromatic N) is 1. The number of hydrogen-bond donors (Lipinski definition) is 0. The molecule has 5 heteroatoms. The predicted octanol–water partition coefficient (Wildman–Crippen LogP) is 7.16. The molecule has 2 aliphatic heterocycles. The maximum absolute atomic E-state index is 14.5. The zero-order valence-electron chi connectivity index (χ0n) is 18.0. The van der Waals surface area contributed by atoms with Gasteiger partial charge in [0.2, 0.25) is 0 Å². The number of fused-ring (bicyclic) bond motifs is 5. The summed E-state index contributed by atoms with van der Waals surface area (Å²) in [5.41, 5.74) is 6.45. The van der Waals surface area contributed by atoms with E-state index in [9.17, 15) is 9.18 Å². The maximum Gasteiger partial charge on any atom is 0.410 e. The van der Waals surface area contributed by atoms with Crippen molar-refractivity contribution >= 4 is 27.6 Å². The summed E-state index contributed by atoms with van der Waals surface area (Å²) < 4.78 is 21.2. The topological polar surface area (TPSA) is 29.5 Å². The monoisotopic (exact) mass is 503 g/mol. The number of halogens is 2. The average molecular weight is 504 g/mol. The van der Waals surface area contributed by atoms with Gasteiger partial charge >= 0.3 is 6.09 Å². The van der Waals surface area contributed by atoms with Crippen LogP contribution in [0.5, 0.6) is 0 Å². The van der Waals surface area contributed by atoms with E-state index in [0.717, 1.165) is 22.9 Å². The summed E-state index contributed by atoms with van der Waals surface area (Å²) >= 11 is 3.44. The summed E-state index contributed by atoms with van der Waals surface area (Å²) in [6.45, 7) is 0.319. The highest BCUT2D eigenvalue weighted by Gasteiger charge is 2.41. The van der Waals surface area contributed by atoms with Gasteiger partial charge in [-0.05, 0) is 65.3 Å². The van der Waals surface area contributed by atoms with Crippen LogP contribution in [0.15, 0.2) is 77.3 Å². The number of hydrogen-bond acceptors (Lipinski definition) is 2. The number of amides is 1. The van der Waals surface area contributed by atoms with Crippen LogP contribution in [0.4, 0.5) is 9.18 Å². The molecule has 3 nitrogen and oxygen atoms in total. The highest BCUT2D eigenvalue weighted by molar-refractivity contribution is 9.10. The van der Waals surface area contributed by atoms with E-state index in [-0.39, 0.29) is 29.9 Å². The fraction of sp³-hybridized carbons (Fsp3) is 0.250. The molecule has 6 rings (SSSR count). The number of benzene rings is 3. The van der Waals surface area contributed by atoms with Crippen molar-refractivity contribution in [1.82, 2.24) is 4.90 Å². The minimum Gasteiger partial charge on any atom is -0.448 e. The standard InChI is InChI=1S/C28H23BrFNO2/c29-18-9-12-27(30)25(15-18)17-13-19-10-11-20(14-17)31(19)28(32)33-16-26-23-7-3-1-5-21(23)22-6-2-4-8-24(22)26/h1-9,12-13,15,19-20,26H,10-11,14,16H2. The van der Waals surface area contributed by atoms with Gasteiger partial charge in [-0.3, -0.25) is 4.90 Å². The van der Waals surface area contributed by atoms with Crippen molar-refractivity contribution in [3.63, 3.8) is 0 Å². The highest BCUT2D eigenvalue weighted by atomic mass is 79.9. The molecule has 0 aromatic heterocycles. The fourth-order valence-corrected chi connectivity index (χ4v) is 6.09.